The van der Waals surface area contributed by atoms with Crippen molar-refractivity contribution in [2.24, 2.45) is 0 Å². The molecule has 2 rings (SSSR count). The zero-order chi connectivity index (χ0) is 18.8. The Kier molecular flexibility index (Phi) is 5.65. The Bertz CT molecular complexity index is 649. The molecule has 0 atom stereocenters. The molecule has 142 valence electrons. The molecule has 2 heterocycles. The molecule has 0 radical (unpaired) electrons. The summed E-state index contributed by atoms with van der Waals surface area (Å²) in [6.45, 7) is 0.759. The maximum absolute atomic E-state index is 12.6. The van der Waals surface area contributed by atoms with Crippen LogP contribution >= 0.6 is 0 Å². The van der Waals surface area contributed by atoms with Gasteiger partial charge in [-0.15, -0.1) is 0 Å². The number of fused-ring (bicyclic) bond motifs is 1. The third kappa shape index (κ3) is 5.35. The summed E-state index contributed by atoms with van der Waals surface area (Å²) in [7, 11) is 0. The van der Waals surface area contributed by atoms with Gasteiger partial charge in [-0.2, -0.15) is 26.3 Å². The molecule has 0 saturated heterocycles. The van der Waals surface area contributed by atoms with Gasteiger partial charge in [0.1, 0.15) is 0 Å². The van der Waals surface area contributed by atoms with Gasteiger partial charge in [0.05, 0.1) is 5.69 Å². The fourth-order valence-electron chi connectivity index (χ4n) is 2.87. The minimum atomic E-state index is -4.54. The van der Waals surface area contributed by atoms with E-state index in [0.717, 1.165) is 4.57 Å². The molecule has 0 fully saturated rings. The van der Waals surface area contributed by atoms with E-state index in [0.29, 0.717) is 18.7 Å². The number of hydrogen-bond donors (Lipinski definition) is 2. The molecular formula is C14H18F6N4O. The maximum atomic E-state index is 12.6. The molecule has 11 heteroatoms. The maximum Gasteiger partial charge on any atom is 0.389 e. The Morgan fingerprint density at radius 1 is 1.12 bits per heavy atom. The Morgan fingerprint density at radius 2 is 1.68 bits per heavy atom. The highest BCUT2D eigenvalue weighted by Gasteiger charge is 2.34. The predicted molar refractivity (Wildman–Crippen MR) is 77.9 cm³/mol. The van der Waals surface area contributed by atoms with Crippen molar-refractivity contribution >= 4 is 5.95 Å². The van der Waals surface area contributed by atoms with Crippen LogP contribution in [0.15, 0.2) is 4.79 Å². The Hall–Kier alpha value is -1.78. The minimum Gasteiger partial charge on any atom is -0.369 e. The van der Waals surface area contributed by atoms with Gasteiger partial charge in [0, 0.05) is 31.0 Å². The molecule has 0 aliphatic carbocycles. The second-order valence-electron chi connectivity index (χ2n) is 5.96. The van der Waals surface area contributed by atoms with E-state index in [1.807, 2.05) is 0 Å². The van der Waals surface area contributed by atoms with Crippen molar-refractivity contribution in [3.63, 3.8) is 0 Å². The normalized spacial score (nSPS) is 15.5. The van der Waals surface area contributed by atoms with Gasteiger partial charge >= 0.3 is 12.4 Å². The minimum absolute atomic E-state index is 0.283. The molecule has 1 aliphatic heterocycles. The summed E-state index contributed by atoms with van der Waals surface area (Å²) in [6.07, 6.45) is -12.7. The first-order valence-electron chi connectivity index (χ1n) is 7.72. The average Bonchev–Trinajstić information content (AvgIpc) is 2.47. The van der Waals surface area contributed by atoms with Crippen LogP contribution in [0.5, 0.6) is 0 Å². The standard InChI is InChI=1S/C14H18F6N4O/c15-13(16,17)4-1-8(2-5-14(18,19)20)24-11(25)9-3-6-22-7-10(9)23-12(24)21/h8,22H,1-7H2,(H2,21,23). The number of alkyl halides is 6. The lowest BCUT2D eigenvalue weighted by molar-refractivity contribution is -0.143. The molecule has 5 nitrogen and oxygen atoms in total. The van der Waals surface area contributed by atoms with E-state index >= 15 is 0 Å². The average molecular weight is 372 g/mol. The number of aromatic nitrogens is 2. The first kappa shape index (κ1) is 19.5. The van der Waals surface area contributed by atoms with Crippen LogP contribution in [-0.4, -0.2) is 28.4 Å². The van der Waals surface area contributed by atoms with Crippen molar-refractivity contribution < 1.29 is 26.3 Å². The number of rotatable bonds is 5. The molecule has 1 aromatic heterocycles. The van der Waals surface area contributed by atoms with Crippen molar-refractivity contribution in [1.82, 2.24) is 14.9 Å². The van der Waals surface area contributed by atoms with Crippen molar-refractivity contribution in [3.05, 3.63) is 21.6 Å². The van der Waals surface area contributed by atoms with Crippen LogP contribution in [0, 0.1) is 0 Å². The van der Waals surface area contributed by atoms with E-state index in [-0.39, 0.29) is 18.1 Å². The van der Waals surface area contributed by atoms with Crippen molar-refractivity contribution in [2.45, 2.75) is 57.0 Å². The fraction of sp³-hybridized carbons (Fsp3) is 0.714. The van der Waals surface area contributed by atoms with E-state index in [1.165, 1.54) is 0 Å². The summed E-state index contributed by atoms with van der Waals surface area (Å²) in [5.74, 6) is -0.359. The SMILES string of the molecule is Nc1nc2c(c(=O)n1C(CCC(F)(F)F)CCC(F)(F)F)CCNC2. The molecule has 0 bridgehead atoms. The number of nitrogens with two attached hydrogens (primary N) is 1. The topological polar surface area (TPSA) is 72.9 Å². The van der Waals surface area contributed by atoms with E-state index in [1.54, 1.807) is 0 Å². The van der Waals surface area contributed by atoms with E-state index in [4.69, 9.17) is 5.73 Å². The zero-order valence-corrected chi connectivity index (χ0v) is 13.2. The highest BCUT2D eigenvalue weighted by atomic mass is 19.4. The molecule has 25 heavy (non-hydrogen) atoms. The van der Waals surface area contributed by atoms with Crippen LogP contribution < -0.4 is 16.6 Å². The van der Waals surface area contributed by atoms with Crippen LogP contribution in [0.25, 0.3) is 0 Å². The highest BCUT2D eigenvalue weighted by Crippen LogP contribution is 2.32. The predicted octanol–water partition coefficient (Wildman–Crippen LogP) is 2.70. The first-order valence-corrected chi connectivity index (χ1v) is 7.72. The molecule has 0 unspecified atom stereocenters. The van der Waals surface area contributed by atoms with E-state index < -0.39 is 49.6 Å². The second-order valence-corrected chi connectivity index (χ2v) is 5.96. The van der Waals surface area contributed by atoms with Crippen LogP contribution in [0.4, 0.5) is 32.3 Å². The zero-order valence-electron chi connectivity index (χ0n) is 13.2. The molecule has 0 aromatic carbocycles. The molecule has 0 saturated carbocycles. The quantitative estimate of drug-likeness (QED) is 0.780. The van der Waals surface area contributed by atoms with Gasteiger partial charge in [0.15, 0.2) is 0 Å². The number of anilines is 1. The molecule has 1 aromatic rings. The monoisotopic (exact) mass is 372 g/mol. The highest BCUT2D eigenvalue weighted by molar-refractivity contribution is 5.29. The summed E-state index contributed by atoms with van der Waals surface area (Å²) in [5, 5.41) is 2.97. The van der Waals surface area contributed by atoms with Gasteiger partial charge in [0.25, 0.3) is 5.56 Å². The number of nitrogens with one attached hydrogen (secondary N) is 1. The fourth-order valence-corrected chi connectivity index (χ4v) is 2.87. The summed E-state index contributed by atoms with van der Waals surface area (Å²) in [6, 6.07) is -1.32. The molecular weight excluding hydrogens is 354 g/mol. The third-order valence-electron chi connectivity index (χ3n) is 4.05. The van der Waals surface area contributed by atoms with Gasteiger partial charge in [-0.25, -0.2) is 4.98 Å². The number of hydrogen-bond acceptors (Lipinski definition) is 4. The molecule has 1 aliphatic rings. The lowest BCUT2D eigenvalue weighted by atomic mass is 10.0. The first-order chi connectivity index (χ1) is 11.5. The molecule has 0 spiro atoms. The third-order valence-corrected chi connectivity index (χ3v) is 4.05. The van der Waals surface area contributed by atoms with Gasteiger partial charge < -0.3 is 11.1 Å². The van der Waals surface area contributed by atoms with Crippen molar-refractivity contribution in [1.29, 1.82) is 0 Å². The van der Waals surface area contributed by atoms with Crippen LogP contribution in [0.3, 0.4) is 0 Å². The Labute approximate surface area is 139 Å². The Balaban J connectivity index is 2.36. The van der Waals surface area contributed by atoms with Crippen molar-refractivity contribution in [3.8, 4) is 0 Å². The van der Waals surface area contributed by atoms with Crippen LogP contribution in [-0.2, 0) is 13.0 Å². The summed E-state index contributed by atoms with van der Waals surface area (Å²) in [5.41, 5.74) is 5.71. The van der Waals surface area contributed by atoms with E-state index in [2.05, 4.69) is 10.3 Å². The number of nitrogens with zero attached hydrogens (tertiary/aromatic N) is 2. The molecule has 0 amide bonds. The summed E-state index contributed by atoms with van der Waals surface area (Å²) in [4.78, 5) is 16.6. The van der Waals surface area contributed by atoms with Crippen molar-refractivity contribution in [2.75, 3.05) is 12.3 Å². The molecule has 3 N–H and O–H groups in total. The van der Waals surface area contributed by atoms with E-state index in [9.17, 15) is 31.1 Å². The summed E-state index contributed by atoms with van der Waals surface area (Å²) >= 11 is 0. The number of halogens is 6. The van der Waals surface area contributed by atoms with Gasteiger partial charge in [0.2, 0.25) is 5.95 Å². The summed E-state index contributed by atoms with van der Waals surface area (Å²) < 4.78 is 75.9. The lowest BCUT2D eigenvalue weighted by Gasteiger charge is -2.25. The Morgan fingerprint density at radius 3 is 2.20 bits per heavy atom. The largest absolute Gasteiger partial charge is 0.389 e. The van der Waals surface area contributed by atoms with Crippen LogP contribution in [0.2, 0.25) is 0 Å². The van der Waals surface area contributed by atoms with Gasteiger partial charge in [-0.3, -0.25) is 9.36 Å². The van der Waals surface area contributed by atoms with Crippen LogP contribution in [0.1, 0.15) is 43.0 Å². The second kappa shape index (κ2) is 7.22. The van der Waals surface area contributed by atoms with Gasteiger partial charge in [-0.1, -0.05) is 0 Å². The lowest BCUT2D eigenvalue weighted by Crippen LogP contribution is -2.38. The smallest absolute Gasteiger partial charge is 0.369 e. The van der Waals surface area contributed by atoms with Gasteiger partial charge in [-0.05, 0) is 25.8 Å². The number of nitrogen functional groups attached to an aromatic ring is 1.